The summed E-state index contributed by atoms with van der Waals surface area (Å²) in [6, 6.07) is 5.24. The molecule has 3 N–H and O–H groups in total. The molecule has 6 nitrogen and oxygen atoms in total. The van der Waals surface area contributed by atoms with Gasteiger partial charge in [0.1, 0.15) is 5.75 Å². The molecular formula is C15H19N3O3. The van der Waals surface area contributed by atoms with Crippen LogP contribution in [0.4, 0.5) is 5.69 Å². The van der Waals surface area contributed by atoms with Crippen LogP contribution in [0.5, 0.6) is 5.75 Å². The molecule has 112 valence electrons. The first-order valence-corrected chi connectivity index (χ1v) is 7.27. The molecule has 1 saturated heterocycles. The minimum Gasteiger partial charge on any atom is -0.482 e. The highest BCUT2D eigenvalue weighted by Crippen LogP contribution is 2.29. The van der Waals surface area contributed by atoms with Gasteiger partial charge >= 0.3 is 0 Å². The fraction of sp³-hybridized carbons (Fsp3) is 0.467. The molecule has 0 saturated carbocycles. The van der Waals surface area contributed by atoms with Crippen molar-refractivity contribution in [3.63, 3.8) is 0 Å². The molecule has 0 aliphatic carbocycles. The number of rotatable bonds is 2. The van der Waals surface area contributed by atoms with Crippen molar-refractivity contribution in [1.29, 1.82) is 0 Å². The lowest BCUT2D eigenvalue weighted by Gasteiger charge is -2.35. The van der Waals surface area contributed by atoms with Crippen molar-refractivity contribution in [2.75, 3.05) is 25.0 Å². The van der Waals surface area contributed by atoms with Crippen LogP contribution < -0.4 is 15.8 Å². The number of nitrogens with one attached hydrogen (secondary N) is 1. The number of ether oxygens (including phenoxy) is 1. The van der Waals surface area contributed by atoms with Crippen molar-refractivity contribution in [3.05, 3.63) is 23.8 Å². The number of anilines is 1. The van der Waals surface area contributed by atoms with Crippen LogP contribution in [-0.2, 0) is 4.79 Å². The quantitative estimate of drug-likeness (QED) is 0.849. The topological polar surface area (TPSA) is 84.7 Å². The number of piperidine rings is 1. The van der Waals surface area contributed by atoms with Crippen molar-refractivity contribution < 1.29 is 14.3 Å². The van der Waals surface area contributed by atoms with Crippen LogP contribution >= 0.6 is 0 Å². The summed E-state index contributed by atoms with van der Waals surface area (Å²) in [5.41, 5.74) is 6.95. The van der Waals surface area contributed by atoms with Gasteiger partial charge in [0.25, 0.3) is 11.8 Å². The van der Waals surface area contributed by atoms with Crippen LogP contribution in [0.2, 0.25) is 0 Å². The summed E-state index contributed by atoms with van der Waals surface area (Å²) >= 11 is 0. The van der Waals surface area contributed by atoms with E-state index >= 15 is 0 Å². The summed E-state index contributed by atoms with van der Waals surface area (Å²) in [5, 5.41) is 2.72. The van der Waals surface area contributed by atoms with Crippen LogP contribution in [0.3, 0.4) is 0 Å². The summed E-state index contributed by atoms with van der Waals surface area (Å²) < 4.78 is 5.36. The van der Waals surface area contributed by atoms with E-state index in [-0.39, 0.29) is 24.5 Å². The molecular weight excluding hydrogens is 270 g/mol. The van der Waals surface area contributed by atoms with E-state index in [1.807, 2.05) is 4.90 Å². The molecule has 1 atom stereocenters. The smallest absolute Gasteiger partial charge is 0.262 e. The van der Waals surface area contributed by atoms with Gasteiger partial charge in [-0.2, -0.15) is 0 Å². The number of fused-ring (bicyclic) bond motifs is 1. The van der Waals surface area contributed by atoms with Gasteiger partial charge in [0.15, 0.2) is 6.61 Å². The number of nitrogens with zero attached hydrogens (tertiary/aromatic N) is 1. The maximum Gasteiger partial charge on any atom is 0.262 e. The SMILES string of the molecule is NC[C@H]1CCCCN1C(=O)c1ccc2c(c1)OCC(=O)N2. The first-order valence-electron chi connectivity index (χ1n) is 7.27. The van der Waals surface area contributed by atoms with Gasteiger partial charge in [-0.25, -0.2) is 0 Å². The van der Waals surface area contributed by atoms with Gasteiger partial charge in [0, 0.05) is 24.7 Å². The van der Waals surface area contributed by atoms with Gasteiger partial charge < -0.3 is 20.7 Å². The van der Waals surface area contributed by atoms with Crippen LogP contribution in [-0.4, -0.2) is 42.5 Å². The fourth-order valence-electron chi connectivity index (χ4n) is 2.89. The molecule has 2 amide bonds. The van der Waals surface area contributed by atoms with Gasteiger partial charge in [-0.3, -0.25) is 9.59 Å². The van der Waals surface area contributed by atoms with E-state index in [1.54, 1.807) is 18.2 Å². The van der Waals surface area contributed by atoms with Crippen molar-refractivity contribution in [2.24, 2.45) is 5.73 Å². The number of benzene rings is 1. The Morgan fingerprint density at radius 3 is 3.10 bits per heavy atom. The number of carbonyl (C=O) groups is 2. The predicted molar refractivity (Wildman–Crippen MR) is 78.3 cm³/mol. The summed E-state index contributed by atoms with van der Waals surface area (Å²) in [4.78, 5) is 25.7. The zero-order valence-electron chi connectivity index (χ0n) is 11.8. The zero-order chi connectivity index (χ0) is 14.8. The lowest BCUT2D eigenvalue weighted by atomic mass is 10.0. The number of nitrogens with two attached hydrogens (primary N) is 1. The van der Waals surface area contributed by atoms with Gasteiger partial charge in [-0.15, -0.1) is 0 Å². The van der Waals surface area contributed by atoms with Gasteiger partial charge in [0.05, 0.1) is 5.69 Å². The molecule has 0 radical (unpaired) electrons. The number of carbonyl (C=O) groups excluding carboxylic acids is 2. The highest BCUT2D eigenvalue weighted by molar-refractivity contribution is 5.99. The molecule has 6 heteroatoms. The first-order chi connectivity index (χ1) is 10.2. The van der Waals surface area contributed by atoms with Crippen LogP contribution in [0.25, 0.3) is 0 Å². The standard InChI is InChI=1S/C15H19N3O3/c16-8-11-3-1-2-6-18(11)15(20)10-4-5-12-13(7-10)21-9-14(19)17-12/h4-5,7,11H,1-3,6,8-9,16H2,(H,17,19)/t11-/m1/s1. The highest BCUT2D eigenvalue weighted by Gasteiger charge is 2.27. The number of amides is 2. The maximum atomic E-state index is 12.6. The predicted octanol–water partition coefficient (Wildman–Crippen LogP) is 0.971. The molecule has 21 heavy (non-hydrogen) atoms. The van der Waals surface area contributed by atoms with Crippen molar-refractivity contribution in [2.45, 2.75) is 25.3 Å². The van der Waals surface area contributed by atoms with Crippen LogP contribution in [0, 0.1) is 0 Å². The Balaban J connectivity index is 1.83. The Bertz CT molecular complexity index is 573. The molecule has 3 rings (SSSR count). The van der Waals surface area contributed by atoms with Crippen LogP contribution in [0.1, 0.15) is 29.6 Å². The zero-order valence-corrected chi connectivity index (χ0v) is 11.8. The Morgan fingerprint density at radius 1 is 1.43 bits per heavy atom. The van der Waals surface area contributed by atoms with Crippen molar-refractivity contribution >= 4 is 17.5 Å². The minimum atomic E-state index is -0.180. The summed E-state index contributed by atoms with van der Waals surface area (Å²) in [5.74, 6) is 0.344. The third kappa shape index (κ3) is 2.71. The summed E-state index contributed by atoms with van der Waals surface area (Å²) in [7, 11) is 0. The molecule has 0 aromatic heterocycles. The van der Waals surface area contributed by atoms with E-state index in [9.17, 15) is 9.59 Å². The highest BCUT2D eigenvalue weighted by atomic mass is 16.5. The first kappa shape index (κ1) is 13.9. The molecule has 1 fully saturated rings. The normalized spacial score (nSPS) is 21.3. The van der Waals surface area contributed by atoms with Gasteiger partial charge in [0.2, 0.25) is 0 Å². The Hall–Kier alpha value is -2.08. The second-order valence-corrected chi connectivity index (χ2v) is 5.43. The second kappa shape index (κ2) is 5.73. The summed E-state index contributed by atoms with van der Waals surface area (Å²) in [6.07, 6.45) is 3.09. The number of hydrogen-bond acceptors (Lipinski definition) is 4. The van der Waals surface area contributed by atoms with Gasteiger partial charge in [-0.05, 0) is 37.5 Å². The largest absolute Gasteiger partial charge is 0.482 e. The monoisotopic (exact) mass is 289 g/mol. The third-order valence-electron chi connectivity index (χ3n) is 4.02. The number of hydrogen-bond donors (Lipinski definition) is 2. The Kier molecular flexibility index (Phi) is 3.79. The lowest BCUT2D eigenvalue weighted by Crippen LogP contribution is -2.47. The van der Waals surface area contributed by atoms with E-state index in [0.29, 0.717) is 23.5 Å². The molecule has 0 unspecified atom stereocenters. The molecule has 1 aromatic rings. The van der Waals surface area contributed by atoms with Crippen molar-refractivity contribution in [3.8, 4) is 5.75 Å². The van der Waals surface area contributed by atoms with Gasteiger partial charge in [-0.1, -0.05) is 0 Å². The Labute approximate surface area is 123 Å². The molecule has 0 spiro atoms. The number of likely N-dealkylation sites (tertiary alicyclic amines) is 1. The molecule has 0 bridgehead atoms. The molecule has 2 aliphatic rings. The minimum absolute atomic E-state index is 0.0141. The van der Waals surface area contributed by atoms with E-state index in [0.717, 1.165) is 25.8 Å². The lowest BCUT2D eigenvalue weighted by molar-refractivity contribution is -0.118. The van der Waals surface area contributed by atoms with E-state index < -0.39 is 0 Å². The molecule has 1 aromatic carbocycles. The molecule has 2 heterocycles. The third-order valence-corrected chi connectivity index (χ3v) is 4.02. The Morgan fingerprint density at radius 2 is 2.29 bits per heavy atom. The average Bonchev–Trinajstić information content (AvgIpc) is 2.53. The van der Waals surface area contributed by atoms with E-state index in [1.165, 1.54) is 0 Å². The fourth-order valence-corrected chi connectivity index (χ4v) is 2.89. The summed E-state index contributed by atoms with van der Waals surface area (Å²) in [6.45, 7) is 1.22. The van der Waals surface area contributed by atoms with E-state index in [4.69, 9.17) is 10.5 Å². The van der Waals surface area contributed by atoms with Crippen LogP contribution in [0.15, 0.2) is 18.2 Å². The molecule has 2 aliphatic heterocycles. The average molecular weight is 289 g/mol. The second-order valence-electron chi connectivity index (χ2n) is 5.43. The maximum absolute atomic E-state index is 12.6. The van der Waals surface area contributed by atoms with E-state index in [2.05, 4.69) is 5.32 Å². The van der Waals surface area contributed by atoms with Crippen molar-refractivity contribution in [1.82, 2.24) is 4.90 Å².